The average Bonchev–Trinajstić information content (AvgIpc) is 3.23. The number of ether oxygens (including phenoxy) is 1. The molecule has 3 aromatic heterocycles. The van der Waals surface area contributed by atoms with E-state index >= 15 is 0 Å². The molecule has 4 aromatic rings. The molecule has 5 nitrogen and oxygen atoms in total. The predicted molar refractivity (Wildman–Crippen MR) is 143 cm³/mol. The van der Waals surface area contributed by atoms with Crippen LogP contribution in [0.25, 0.3) is 31.7 Å². The van der Waals surface area contributed by atoms with Crippen molar-refractivity contribution in [2.24, 2.45) is 0 Å². The lowest BCUT2D eigenvalue weighted by atomic mass is 9.88. The van der Waals surface area contributed by atoms with Crippen molar-refractivity contribution in [1.82, 2.24) is 15.0 Å². The smallest absolute Gasteiger partial charge is 0.150 e. The van der Waals surface area contributed by atoms with Gasteiger partial charge >= 0.3 is 0 Å². The molecule has 0 bridgehead atoms. The Morgan fingerprint density at radius 3 is 2.44 bits per heavy atom. The fraction of sp³-hybridized carbons (Fsp3) is 0.464. The summed E-state index contributed by atoms with van der Waals surface area (Å²) in [5, 5.41) is 1.20. The van der Waals surface area contributed by atoms with Crippen LogP contribution in [0.15, 0.2) is 36.7 Å². The van der Waals surface area contributed by atoms with Gasteiger partial charge in [0, 0.05) is 36.0 Å². The lowest BCUT2D eigenvalue weighted by Crippen LogP contribution is -2.32. The van der Waals surface area contributed by atoms with E-state index in [1.165, 1.54) is 29.4 Å². The number of aromatic nitrogens is 3. The van der Waals surface area contributed by atoms with E-state index in [4.69, 9.17) is 19.7 Å². The van der Waals surface area contributed by atoms with Crippen LogP contribution in [0, 0.1) is 0 Å². The zero-order valence-corrected chi connectivity index (χ0v) is 21.5. The molecule has 1 aliphatic rings. The topological polar surface area (TPSA) is 51.1 Å². The molecule has 4 heterocycles. The number of benzene rings is 1. The molecule has 0 amide bonds. The van der Waals surface area contributed by atoms with Gasteiger partial charge in [-0.15, -0.1) is 11.3 Å². The number of pyridine rings is 1. The fourth-order valence-electron chi connectivity index (χ4n) is 4.88. The van der Waals surface area contributed by atoms with Gasteiger partial charge in [0.15, 0.2) is 0 Å². The summed E-state index contributed by atoms with van der Waals surface area (Å²) in [5.41, 5.74) is 5.54. The summed E-state index contributed by atoms with van der Waals surface area (Å²) in [6, 6.07) is 10.5. The van der Waals surface area contributed by atoms with Crippen LogP contribution in [0.5, 0.6) is 0 Å². The molecule has 0 unspecified atom stereocenters. The molecule has 34 heavy (non-hydrogen) atoms. The quantitative estimate of drug-likeness (QED) is 0.271. The van der Waals surface area contributed by atoms with Gasteiger partial charge in [-0.2, -0.15) is 0 Å². The Labute approximate surface area is 206 Å². The Balaban J connectivity index is 1.75. The predicted octanol–water partition coefficient (Wildman–Crippen LogP) is 7.16. The summed E-state index contributed by atoms with van der Waals surface area (Å²) >= 11 is 1.75. The SMILES string of the molecule is CCCCN(CCCC)c1ncnc2c1sc1nc(-c3ccccc3)c3c(c12)CC(C)(C)OC3. The lowest BCUT2D eigenvalue weighted by Gasteiger charge is -2.33. The van der Waals surface area contributed by atoms with Crippen LogP contribution in [0.2, 0.25) is 0 Å². The monoisotopic (exact) mass is 474 g/mol. The van der Waals surface area contributed by atoms with Gasteiger partial charge in [0.2, 0.25) is 0 Å². The average molecular weight is 475 g/mol. The second kappa shape index (κ2) is 9.59. The van der Waals surface area contributed by atoms with Crippen LogP contribution in [-0.2, 0) is 17.8 Å². The summed E-state index contributed by atoms with van der Waals surface area (Å²) in [6.45, 7) is 11.5. The first-order valence-electron chi connectivity index (χ1n) is 12.6. The summed E-state index contributed by atoms with van der Waals surface area (Å²) in [7, 11) is 0. The molecule has 0 fully saturated rings. The first-order chi connectivity index (χ1) is 16.5. The number of fused-ring (bicyclic) bond motifs is 5. The van der Waals surface area contributed by atoms with E-state index in [2.05, 4.69) is 62.9 Å². The second-order valence-corrected chi connectivity index (χ2v) is 10.9. The number of thiophene rings is 1. The van der Waals surface area contributed by atoms with Crippen LogP contribution >= 0.6 is 11.3 Å². The van der Waals surface area contributed by atoms with Crippen molar-refractivity contribution in [3.63, 3.8) is 0 Å². The van der Waals surface area contributed by atoms with Crippen molar-refractivity contribution in [3.8, 4) is 11.3 Å². The van der Waals surface area contributed by atoms with E-state index < -0.39 is 0 Å². The Kier molecular flexibility index (Phi) is 6.54. The minimum Gasteiger partial charge on any atom is -0.370 e. The van der Waals surface area contributed by atoms with Crippen molar-refractivity contribution < 1.29 is 4.74 Å². The number of hydrogen-bond acceptors (Lipinski definition) is 6. The third-order valence-electron chi connectivity index (χ3n) is 6.72. The van der Waals surface area contributed by atoms with Crippen molar-refractivity contribution in [1.29, 1.82) is 0 Å². The number of anilines is 1. The van der Waals surface area contributed by atoms with Crippen molar-refractivity contribution >= 4 is 37.6 Å². The zero-order valence-electron chi connectivity index (χ0n) is 20.7. The molecule has 0 radical (unpaired) electrons. The standard InChI is InChI=1S/C28H34N4OS/c1-5-7-14-32(15-8-6-2)26-25-24(29-18-30-26)22-20-16-28(3,4)33-17-21(20)23(31-27(22)34-25)19-12-10-9-11-13-19/h9-13,18H,5-8,14-17H2,1-4H3. The van der Waals surface area contributed by atoms with Crippen LogP contribution in [0.3, 0.4) is 0 Å². The van der Waals surface area contributed by atoms with Gasteiger partial charge < -0.3 is 9.64 Å². The van der Waals surface area contributed by atoms with Gasteiger partial charge in [0.1, 0.15) is 17.0 Å². The third kappa shape index (κ3) is 4.29. The van der Waals surface area contributed by atoms with Gasteiger partial charge in [-0.1, -0.05) is 57.0 Å². The third-order valence-corrected chi connectivity index (χ3v) is 7.79. The highest BCUT2D eigenvalue weighted by atomic mass is 32.1. The molecule has 0 N–H and O–H groups in total. The molecule has 1 aliphatic heterocycles. The van der Waals surface area contributed by atoms with E-state index in [9.17, 15) is 0 Å². The van der Waals surface area contributed by atoms with Gasteiger partial charge in [0.05, 0.1) is 28.1 Å². The van der Waals surface area contributed by atoms with Crippen LogP contribution in [0.4, 0.5) is 5.82 Å². The molecule has 0 spiro atoms. The molecule has 6 heteroatoms. The number of nitrogens with zero attached hydrogens (tertiary/aromatic N) is 4. The normalized spacial score (nSPS) is 15.1. The maximum absolute atomic E-state index is 6.26. The minimum atomic E-state index is -0.215. The molecular weight excluding hydrogens is 440 g/mol. The van der Waals surface area contributed by atoms with Crippen molar-refractivity contribution in [2.45, 2.75) is 72.0 Å². The Bertz CT molecular complexity index is 1290. The fourth-order valence-corrected chi connectivity index (χ4v) is 6.05. The lowest BCUT2D eigenvalue weighted by molar-refractivity contribution is -0.0394. The van der Waals surface area contributed by atoms with E-state index in [0.29, 0.717) is 6.61 Å². The molecule has 1 aromatic carbocycles. The van der Waals surface area contributed by atoms with Gasteiger partial charge in [-0.3, -0.25) is 0 Å². The van der Waals surface area contributed by atoms with E-state index in [0.717, 1.165) is 64.5 Å². The molecule has 178 valence electrons. The first-order valence-corrected chi connectivity index (χ1v) is 13.4. The highest BCUT2D eigenvalue weighted by Gasteiger charge is 2.32. The molecule has 5 rings (SSSR count). The molecule has 0 saturated carbocycles. The molecule has 0 atom stereocenters. The first kappa shape index (κ1) is 23.2. The highest BCUT2D eigenvalue weighted by Crippen LogP contribution is 2.44. The van der Waals surface area contributed by atoms with Crippen LogP contribution in [0.1, 0.15) is 64.5 Å². The van der Waals surface area contributed by atoms with Crippen molar-refractivity contribution in [2.75, 3.05) is 18.0 Å². The van der Waals surface area contributed by atoms with E-state index in [-0.39, 0.29) is 5.60 Å². The maximum atomic E-state index is 6.26. The van der Waals surface area contributed by atoms with Gasteiger partial charge in [-0.25, -0.2) is 15.0 Å². The number of unbranched alkanes of at least 4 members (excludes halogenated alkanes) is 2. The summed E-state index contributed by atoms with van der Waals surface area (Å²) in [4.78, 5) is 18.4. The van der Waals surface area contributed by atoms with Crippen LogP contribution in [-0.4, -0.2) is 33.6 Å². The molecule has 0 aliphatic carbocycles. The summed E-state index contributed by atoms with van der Waals surface area (Å²) < 4.78 is 7.43. The molecule has 0 saturated heterocycles. The number of rotatable bonds is 8. The second-order valence-electron chi connectivity index (χ2n) is 9.86. The maximum Gasteiger partial charge on any atom is 0.150 e. The molecular formula is C28H34N4OS. The van der Waals surface area contributed by atoms with E-state index in [1.807, 2.05) is 0 Å². The highest BCUT2D eigenvalue weighted by molar-refractivity contribution is 7.26. The summed E-state index contributed by atoms with van der Waals surface area (Å²) in [5.74, 6) is 1.07. The zero-order chi connectivity index (χ0) is 23.7. The van der Waals surface area contributed by atoms with Crippen LogP contribution < -0.4 is 4.90 Å². The van der Waals surface area contributed by atoms with E-state index in [1.54, 1.807) is 17.7 Å². The number of hydrogen-bond donors (Lipinski definition) is 0. The Morgan fingerprint density at radius 1 is 1.00 bits per heavy atom. The Morgan fingerprint density at radius 2 is 1.74 bits per heavy atom. The largest absolute Gasteiger partial charge is 0.370 e. The van der Waals surface area contributed by atoms with Gasteiger partial charge in [-0.05, 0) is 32.3 Å². The van der Waals surface area contributed by atoms with Gasteiger partial charge in [0.25, 0.3) is 0 Å². The van der Waals surface area contributed by atoms with Crippen molar-refractivity contribution in [3.05, 3.63) is 47.8 Å². The minimum absolute atomic E-state index is 0.215. The Hall–Kier alpha value is -2.57. The summed E-state index contributed by atoms with van der Waals surface area (Å²) in [6.07, 6.45) is 7.27.